The van der Waals surface area contributed by atoms with Gasteiger partial charge in [0, 0.05) is 17.5 Å². The molecule has 0 fully saturated rings. The van der Waals surface area contributed by atoms with Crippen LogP contribution < -0.4 is 4.74 Å². The summed E-state index contributed by atoms with van der Waals surface area (Å²) >= 11 is 0. The second kappa shape index (κ2) is 8.05. The fourth-order valence-corrected chi connectivity index (χ4v) is 2.94. The Kier molecular flexibility index (Phi) is 6.07. The standard InChI is InChI=1S/C19H24O6/c1-5-24-15(20)9-7-11(2)6-8-13-17(21)16-14(10-25-19(16)22)12(3)18(13)23-4/h6,21H,5,7-10H2,1-4H3/b11-6+. The Morgan fingerprint density at radius 3 is 2.72 bits per heavy atom. The molecule has 6 heteroatoms. The van der Waals surface area contributed by atoms with E-state index >= 15 is 0 Å². The van der Waals surface area contributed by atoms with Gasteiger partial charge in [0.25, 0.3) is 0 Å². The zero-order chi connectivity index (χ0) is 18.6. The minimum absolute atomic E-state index is 0.0885. The number of cyclic esters (lactones) is 1. The molecule has 0 amide bonds. The number of methoxy groups -OCH3 is 1. The number of esters is 2. The first-order valence-electron chi connectivity index (χ1n) is 8.30. The van der Waals surface area contributed by atoms with Crippen LogP contribution in [-0.2, 0) is 27.3 Å². The number of fused-ring (bicyclic) bond motifs is 1. The summed E-state index contributed by atoms with van der Waals surface area (Å²) < 4.78 is 15.4. The normalized spacial score (nSPS) is 13.4. The fraction of sp³-hybridized carbons (Fsp3) is 0.474. The highest BCUT2D eigenvalue weighted by atomic mass is 16.5. The number of hydrogen-bond donors (Lipinski definition) is 1. The van der Waals surface area contributed by atoms with Crippen LogP contribution in [0.1, 0.15) is 53.7 Å². The highest BCUT2D eigenvalue weighted by molar-refractivity contribution is 5.98. The highest BCUT2D eigenvalue weighted by Gasteiger charge is 2.31. The molecule has 0 saturated carbocycles. The lowest BCUT2D eigenvalue weighted by Crippen LogP contribution is -2.04. The van der Waals surface area contributed by atoms with Crippen LogP contribution in [0, 0.1) is 6.92 Å². The summed E-state index contributed by atoms with van der Waals surface area (Å²) in [5.41, 5.74) is 3.24. The smallest absolute Gasteiger partial charge is 0.342 e. The van der Waals surface area contributed by atoms with Gasteiger partial charge in [0.05, 0.1) is 13.7 Å². The molecule has 0 bridgehead atoms. The Balaban J connectivity index is 2.23. The van der Waals surface area contributed by atoms with Crippen molar-refractivity contribution in [2.24, 2.45) is 0 Å². The maximum atomic E-state index is 11.9. The van der Waals surface area contributed by atoms with Crippen LogP contribution in [0.15, 0.2) is 11.6 Å². The van der Waals surface area contributed by atoms with Crippen LogP contribution in [0.5, 0.6) is 11.5 Å². The zero-order valence-corrected chi connectivity index (χ0v) is 15.1. The van der Waals surface area contributed by atoms with Crippen LogP contribution in [-0.4, -0.2) is 30.8 Å². The van der Waals surface area contributed by atoms with E-state index in [0.29, 0.717) is 42.7 Å². The first-order valence-corrected chi connectivity index (χ1v) is 8.30. The molecule has 0 spiro atoms. The van der Waals surface area contributed by atoms with Crippen molar-refractivity contribution in [3.05, 3.63) is 33.9 Å². The summed E-state index contributed by atoms with van der Waals surface area (Å²) in [6.45, 7) is 6.06. The predicted octanol–water partition coefficient (Wildman–Crippen LogP) is 3.21. The Hall–Kier alpha value is -2.50. The minimum atomic E-state index is -0.512. The van der Waals surface area contributed by atoms with Gasteiger partial charge >= 0.3 is 11.9 Å². The third-order valence-electron chi connectivity index (χ3n) is 4.33. The highest BCUT2D eigenvalue weighted by Crippen LogP contribution is 2.42. The van der Waals surface area contributed by atoms with Crippen LogP contribution in [0.25, 0.3) is 0 Å². The Labute approximate surface area is 147 Å². The Morgan fingerprint density at radius 1 is 1.36 bits per heavy atom. The van der Waals surface area contributed by atoms with Gasteiger partial charge in [-0.15, -0.1) is 0 Å². The van der Waals surface area contributed by atoms with E-state index in [1.165, 1.54) is 7.11 Å². The van der Waals surface area contributed by atoms with Crippen molar-refractivity contribution in [3.8, 4) is 11.5 Å². The quantitative estimate of drug-likeness (QED) is 0.602. The monoisotopic (exact) mass is 348 g/mol. The number of allylic oxidation sites excluding steroid dienone is 2. The van der Waals surface area contributed by atoms with Crippen molar-refractivity contribution in [1.82, 2.24) is 0 Å². The minimum Gasteiger partial charge on any atom is -0.507 e. The molecule has 1 aliphatic rings. The number of phenolic OH excluding ortho intramolecular Hbond substituents is 1. The molecular formula is C19H24O6. The largest absolute Gasteiger partial charge is 0.507 e. The molecular weight excluding hydrogens is 324 g/mol. The van der Waals surface area contributed by atoms with Crippen molar-refractivity contribution in [3.63, 3.8) is 0 Å². The summed E-state index contributed by atoms with van der Waals surface area (Å²) in [6.07, 6.45) is 3.21. The van der Waals surface area contributed by atoms with Crippen molar-refractivity contribution in [2.75, 3.05) is 13.7 Å². The van der Waals surface area contributed by atoms with Gasteiger partial charge < -0.3 is 19.3 Å². The van der Waals surface area contributed by atoms with E-state index in [1.54, 1.807) is 6.92 Å². The number of carbonyl (C=O) groups is 2. The van der Waals surface area contributed by atoms with E-state index in [1.807, 2.05) is 19.9 Å². The number of rotatable bonds is 7. The zero-order valence-electron chi connectivity index (χ0n) is 15.1. The third kappa shape index (κ3) is 3.95. The average Bonchev–Trinajstić information content (AvgIpc) is 2.97. The summed E-state index contributed by atoms with van der Waals surface area (Å²) in [7, 11) is 1.53. The Bertz CT molecular complexity index is 717. The summed E-state index contributed by atoms with van der Waals surface area (Å²) in [4.78, 5) is 23.3. The third-order valence-corrected chi connectivity index (χ3v) is 4.33. The molecule has 25 heavy (non-hydrogen) atoms. The van der Waals surface area contributed by atoms with Crippen LogP contribution in [0.4, 0.5) is 0 Å². The molecule has 1 aliphatic heterocycles. The van der Waals surface area contributed by atoms with Crippen LogP contribution in [0.3, 0.4) is 0 Å². The number of ether oxygens (including phenoxy) is 3. The lowest BCUT2D eigenvalue weighted by molar-refractivity contribution is -0.143. The second-order valence-corrected chi connectivity index (χ2v) is 5.97. The van der Waals surface area contributed by atoms with E-state index in [9.17, 15) is 14.7 Å². The molecule has 0 radical (unpaired) electrons. The lowest BCUT2D eigenvalue weighted by atomic mass is 9.94. The maximum absolute atomic E-state index is 11.9. The van der Waals surface area contributed by atoms with Gasteiger partial charge in [-0.3, -0.25) is 4.79 Å². The number of carbonyl (C=O) groups excluding carboxylic acids is 2. The van der Waals surface area contributed by atoms with Gasteiger partial charge in [-0.05, 0) is 39.2 Å². The van der Waals surface area contributed by atoms with Gasteiger partial charge in [-0.1, -0.05) is 11.6 Å². The fourth-order valence-electron chi connectivity index (χ4n) is 2.94. The molecule has 1 aromatic carbocycles. The van der Waals surface area contributed by atoms with E-state index in [4.69, 9.17) is 14.2 Å². The molecule has 6 nitrogen and oxygen atoms in total. The Morgan fingerprint density at radius 2 is 2.08 bits per heavy atom. The van der Waals surface area contributed by atoms with Gasteiger partial charge in [0.15, 0.2) is 0 Å². The number of phenols is 1. The first kappa shape index (κ1) is 18.8. The topological polar surface area (TPSA) is 82.1 Å². The summed E-state index contributed by atoms with van der Waals surface area (Å²) in [6, 6.07) is 0. The molecule has 136 valence electrons. The number of benzene rings is 1. The van der Waals surface area contributed by atoms with Crippen molar-refractivity contribution in [2.45, 2.75) is 46.6 Å². The molecule has 0 unspecified atom stereocenters. The average molecular weight is 348 g/mol. The molecule has 1 N–H and O–H groups in total. The van der Waals surface area contributed by atoms with Crippen molar-refractivity contribution in [1.29, 1.82) is 0 Å². The second-order valence-electron chi connectivity index (χ2n) is 5.97. The molecule has 0 atom stereocenters. The summed E-state index contributed by atoms with van der Waals surface area (Å²) in [5.74, 6) is -0.271. The molecule has 1 heterocycles. The first-order chi connectivity index (χ1) is 11.9. The molecule has 2 rings (SSSR count). The molecule has 0 aliphatic carbocycles. The van der Waals surface area contributed by atoms with Crippen molar-refractivity contribution < 1.29 is 28.9 Å². The SMILES string of the molecule is CCOC(=O)CC/C(C)=C/Cc1c(O)c2c(c(C)c1OC)COC2=O. The summed E-state index contributed by atoms with van der Waals surface area (Å²) in [5, 5.41) is 10.5. The van der Waals surface area contributed by atoms with Gasteiger partial charge in [-0.25, -0.2) is 4.79 Å². The van der Waals surface area contributed by atoms with Gasteiger partial charge in [0.1, 0.15) is 23.7 Å². The van der Waals surface area contributed by atoms with E-state index < -0.39 is 5.97 Å². The van der Waals surface area contributed by atoms with E-state index in [2.05, 4.69) is 0 Å². The maximum Gasteiger partial charge on any atom is 0.342 e. The number of aromatic hydroxyl groups is 1. The van der Waals surface area contributed by atoms with E-state index in [0.717, 1.165) is 11.1 Å². The van der Waals surface area contributed by atoms with Crippen molar-refractivity contribution >= 4 is 11.9 Å². The van der Waals surface area contributed by atoms with Crippen LogP contribution >= 0.6 is 0 Å². The van der Waals surface area contributed by atoms with Crippen LogP contribution in [0.2, 0.25) is 0 Å². The lowest BCUT2D eigenvalue weighted by Gasteiger charge is -2.15. The molecule has 1 aromatic rings. The van der Waals surface area contributed by atoms with E-state index in [-0.39, 0.29) is 23.9 Å². The predicted molar refractivity (Wildman–Crippen MR) is 91.8 cm³/mol. The van der Waals surface area contributed by atoms with Gasteiger partial charge in [-0.2, -0.15) is 0 Å². The van der Waals surface area contributed by atoms with Gasteiger partial charge in [0.2, 0.25) is 0 Å². The number of hydrogen-bond acceptors (Lipinski definition) is 6. The molecule has 0 saturated heterocycles. The molecule has 0 aromatic heterocycles.